The van der Waals surface area contributed by atoms with Gasteiger partial charge in [0.15, 0.2) is 11.5 Å². The maximum Gasteiger partial charge on any atom is 0.251 e. The predicted molar refractivity (Wildman–Crippen MR) is 107 cm³/mol. The zero-order chi connectivity index (χ0) is 20.7. The normalized spacial score (nSPS) is 23.8. The molecule has 2 fully saturated rings. The fourth-order valence-corrected chi connectivity index (χ4v) is 3.95. The van der Waals surface area contributed by atoms with E-state index < -0.39 is 6.04 Å². The fourth-order valence-electron chi connectivity index (χ4n) is 3.95. The molecule has 1 aliphatic carbocycles. The molecule has 0 radical (unpaired) electrons. The van der Waals surface area contributed by atoms with Crippen molar-refractivity contribution in [1.29, 1.82) is 0 Å². The number of imide groups is 1. The van der Waals surface area contributed by atoms with Gasteiger partial charge in [0.25, 0.3) is 5.91 Å². The van der Waals surface area contributed by atoms with Gasteiger partial charge in [-0.2, -0.15) is 0 Å². The SMILES string of the molecule is COc1ccc(N2C(=O)CC(N(C)Cc3ccc(C4CC4C)o3)C2=O)cc1OC. The van der Waals surface area contributed by atoms with E-state index >= 15 is 0 Å². The summed E-state index contributed by atoms with van der Waals surface area (Å²) in [4.78, 5) is 28.8. The van der Waals surface area contributed by atoms with Crippen LogP contribution < -0.4 is 14.4 Å². The number of anilines is 1. The molecule has 1 aromatic carbocycles. The van der Waals surface area contributed by atoms with E-state index in [0.717, 1.165) is 11.5 Å². The number of likely N-dealkylation sites (N-methyl/N-ethyl adjacent to an activating group) is 1. The summed E-state index contributed by atoms with van der Waals surface area (Å²) >= 11 is 0. The maximum atomic E-state index is 13.0. The lowest BCUT2D eigenvalue weighted by Gasteiger charge is -2.22. The van der Waals surface area contributed by atoms with Crippen molar-refractivity contribution < 1.29 is 23.5 Å². The molecule has 154 valence electrons. The molecule has 1 aromatic heterocycles. The van der Waals surface area contributed by atoms with Crippen LogP contribution >= 0.6 is 0 Å². The molecule has 3 unspecified atom stereocenters. The van der Waals surface area contributed by atoms with E-state index in [1.807, 2.05) is 24.1 Å². The topological polar surface area (TPSA) is 72.2 Å². The van der Waals surface area contributed by atoms with Gasteiger partial charge >= 0.3 is 0 Å². The summed E-state index contributed by atoms with van der Waals surface area (Å²) in [5.74, 6) is 3.56. The van der Waals surface area contributed by atoms with Crippen molar-refractivity contribution in [2.45, 2.75) is 38.3 Å². The number of carbonyl (C=O) groups excluding carboxylic acids is 2. The lowest BCUT2D eigenvalue weighted by Crippen LogP contribution is -2.39. The maximum absolute atomic E-state index is 13.0. The average Bonchev–Trinajstić information content (AvgIpc) is 3.12. The zero-order valence-electron chi connectivity index (χ0n) is 17.2. The number of rotatable bonds is 7. The second-order valence-corrected chi connectivity index (χ2v) is 7.87. The van der Waals surface area contributed by atoms with Gasteiger partial charge in [-0.15, -0.1) is 0 Å². The Hall–Kier alpha value is -2.80. The Labute approximate surface area is 170 Å². The predicted octanol–water partition coefficient (Wildman–Crippen LogP) is 3.18. The minimum atomic E-state index is -0.524. The average molecular weight is 398 g/mol. The highest BCUT2D eigenvalue weighted by Gasteiger charge is 2.42. The second kappa shape index (κ2) is 7.55. The van der Waals surface area contributed by atoms with Crippen molar-refractivity contribution in [2.24, 2.45) is 5.92 Å². The molecular weight excluding hydrogens is 372 g/mol. The summed E-state index contributed by atoms with van der Waals surface area (Å²) in [5, 5.41) is 0. The van der Waals surface area contributed by atoms with E-state index in [1.165, 1.54) is 18.4 Å². The number of hydrogen-bond acceptors (Lipinski definition) is 6. The highest BCUT2D eigenvalue weighted by molar-refractivity contribution is 6.22. The van der Waals surface area contributed by atoms with Crippen molar-refractivity contribution in [1.82, 2.24) is 4.90 Å². The Morgan fingerprint density at radius 2 is 1.86 bits per heavy atom. The molecule has 2 amide bonds. The molecule has 4 rings (SSSR count). The zero-order valence-corrected chi connectivity index (χ0v) is 17.2. The van der Waals surface area contributed by atoms with Gasteiger partial charge < -0.3 is 13.9 Å². The Kier molecular flexibility index (Phi) is 5.08. The third kappa shape index (κ3) is 3.62. The Morgan fingerprint density at radius 3 is 2.52 bits per heavy atom. The smallest absolute Gasteiger partial charge is 0.251 e. The number of furan rings is 1. The van der Waals surface area contributed by atoms with Gasteiger partial charge in [-0.3, -0.25) is 14.5 Å². The van der Waals surface area contributed by atoms with Crippen molar-refractivity contribution >= 4 is 17.5 Å². The molecule has 1 saturated heterocycles. The fraction of sp³-hybridized carbons (Fsp3) is 0.455. The largest absolute Gasteiger partial charge is 0.493 e. The molecule has 7 heteroatoms. The first-order valence-electron chi connectivity index (χ1n) is 9.80. The molecule has 3 atom stereocenters. The van der Waals surface area contributed by atoms with Gasteiger partial charge in [0, 0.05) is 12.0 Å². The summed E-state index contributed by atoms with van der Waals surface area (Å²) in [5.41, 5.74) is 0.483. The molecule has 0 spiro atoms. The first-order chi connectivity index (χ1) is 13.9. The summed E-state index contributed by atoms with van der Waals surface area (Å²) in [6, 6.07) is 8.49. The van der Waals surface area contributed by atoms with Crippen LogP contribution in [0.1, 0.15) is 37.2 Å². The number of ether oxygens (including phenoxy) is 2. The van der Waals surface area contributed by atoms with Gasteiger partial charge in [0.1, 0.15) is 11.5 Å². The monoisotopic (exact) mass is 398 g/mol. The van der Waals surface area contributed by atoms with E-state index in [0.29, 0.717) is 35.6 Å². The van der Waals surface area contributed by atoms with Crippen LogP contribution in [0, 0.1) is 5.92 Å². The van der Waals surface area contributed by atoms with Crippen molar-refractivity contribution in [3.63, 3.8) is 0 Å². The van der Waals surface area contributed by atoms with Crippen LogP contribution in [0.15, 0.2) is 34.7 Å². The van der Waals surface area contributed by atoms with Crippen LogP contribution in [0.4, 0.5) is 5.69 Å². The van der Waals surface area contributed by atoms with Crippen LogP contribution in [-0.2, 0) is 16.1 Å². The van der Waals surface area contributed by atoms with Crippen LogP contribution in [0.2, 0.25) is 0 Å². The molecule has 7 nitrogen and oxygen atoms in total. The third-order valence-electron chi connectivity index (χ3n) is 5.84. The van der Waals surface area contributed by atoms with Gasteiger partial charge in [0.2, 0.25) is 5.91 Å². The molecule has 0 bridgehead atoms. The minimum Gasteiger partial charge on any atom is -0.493 e. The van der Waals surface area contributed by atoms with E-state index in [1.54, 1.807) is 25.3 Å². The Balaban J connectivity index is 1.48. The molecule has 2 aromatic rings. The number of benzene rings is 1. The number of hydrogen-bond donors (Lipinski definition) is 0. The third-order valence-corrected chi connectivity index (χ3v) is 5.84. The number of amides is 2. The van der Waals surface area contributed by atoms with E-state index in [-0.39, 0.29) is 18.2 Å². The molecule has 2 aliphatic rings. The second-order valence-electron chi connectivity index (χ2n) is 7.87. The quantitative estimate of drug-likeness (QED) is 0.667. The summed E-state index contributed by atoms with van der Waals surface area (Å²) < 4.78 is 16.5. The van der Waals surface area contributed by atoms with Crippen LogP contribution in [0.3, 0.4) is 0 Å². The first kappa shape index (κ1) is 19.5. The highest BCUT2D eigenvalue weighted by Crippen LogP contribution is 2.47. The van der Waals surface area contributed by atoms with E-state index in [4.69, 9.17) is 13.9 Å². The molecule has 1 aliphatic heterocycles. The van der Waals surface area contributed by atoms with Crippen LogP contribution in [0.5, 0.6) is 11.5 Å². The lowest BCUT2D eigenvalue weighted by atomic mass is 10.2. The summed E-state index contributed by atoms with van der Waals surface area (Å²) in [7, 11) is 4.90. The standard InChI is InChI=1S/C22H26N2O5/c1-13-9-16(13)18-8-6-15(29-18)12-23(2)17-11-21(25)24(22(17)26)14-5-7-19(27-3)20(10-14)28-4/h5-8,10,13,16-17H,9,11-12H2,1-4H3. The molecule has 1 saturated carbocycles. The molecular formula is C22H26N2O5. The Morgan fingerprint density at radius 1 is 1.14 bits per heavy atom. The van der Waals surface area contributed by atoms with E-state index in [9.17, 15) is 9.59 Å². The number of carbonyl (C=O) groups is 2. The van der Waals surface area contributed by atoms with Crippen molar-refractivity contribution in [2.75, 3.05) is 26.2 Å². The van der Waals surface area contributed by atoms with Gasteiger partial charge in [-0.1, -0.05) is 6.92 Å². The van der Waals surface area contributed by atoms with Crippen LogP contribution in [0.25, 0.3) is 0 Å². The summed E-state index contributed by atoms with van der Waals surface area (Å²) in [6.45, 7) is 2.69. The molecule has 0 N–H and O–H groups in total. The number of nitrogens with zero attached hydrogens (tertiary/aromatic N) is 2. The number of methoxy groups -OCH3 is 2. The van der Waals surface area contributed by atoms with Crippen molar-refractivity contribution in [3.8, 4) is 11.5 Å². The van der Waals surface area contributed by atoms with Gasteiger partial charge in [-0.25, -0.2) is 4.90 Å². The minimum absolute atomic E-state index is 0.136. The lowest BCUT2D eigenvalue weighted by molar-refractivity contribution is -0.122. The molecule has 29 heavy (non-hydrogen) atoms. The Bertz CT molecular complexity index is 937. The first-order valence-corrected chi connectivity index (χ1v) is 9.80. The van der Waals surface area contributed by atoms with E-state index in [2.05, 4.69) is 6.92 Å². The molecule has 2 heterocycles. The van der Waals surface area contributed by atoms with Gasteiger partial charge in [-0.05, 0) is 43.7 Å². The summed E-state index contributed by atoms with van der Waals surface area (Å²) in [6.07, 6.45) is 1.30. The highest BCUT2D eigenvalue weighted by atomic mass is 16.5. The van der Waals surface area contributed by atoms with Crippen LogP contribution in [-0.4, -0.2) is 44.0 Å². The van der Waals surface area contributed by atoms with Crippen molar-refractivity contribution in [3.05, 3.63) is 41.9 Å². The van der Waals surface area contributed by atoms with Gasteiger partial charge in [0.05, 0.1) is 38.9 Å².